The molecule has 0 saturated carbocycles. The molecule has 2 amide bonds. The summed E-state index contributed by atoms with van der Waals surface area (Å²) in [4.78, 5) is 25.5. The molecule has 1 aromatic rings. The lowest BCUT2D eigenvalue weighted by Gasteiger charge is -2.39. The van der Waals surface area contributed by atoms with Gasteiger partial charge >= 0.3 is 6.18 Å². The van der Waals surface area contributed by atoms with E-state index in [2.05, 4.69) is 5.32 Å². The Bertz CT molecular complexity index is 629. The first-order valence-electron chi connectivity index (χ1n) is 8.02. The zero-order valence-electron chi connectivity index (χ0n) is 14.0. The molecule has 2 N–H and O–H groups in total. The van der Waals surface area contributed by atoms with E-state index < -0.39 is 36.6 Å². The van der Waals surface area contributed by atoms with Crippen molar-refractivity contribution in [3.05, 3.63) is 29.8 Å². The smallest absolute Gasteiger partial charge is 0.406 e. The third-order valence-electron chi connectivity index (χ3n) is 4.00. The summed E-state index contributed by atoms with van der Waals surface area (Å²) in [6.07, 6.45) is -4.37. The van der Waals surface area contributed by atoms with Crippen molar-refractivity contribution < 1.29 is 27.9 Å². The van der Waals surface area contributed by atoms with Crippen molar-refractivity contribution in [3.63, 3.8) is 0 Å². The summed E-state index contributed by atoms with van der Waals surface area (Å²) in [6.45, 7) is 2.20. The second-order valence-electron chi connectivity index (χ2n) is 6.66. The van der Waals surface area contributed by atoms with Gasteiger partial charge in [0.1, 0.15) is 24.4 Å². The Morgan fingerprint density at radius 3 is 2.32 bits per heavy atom. The highest BCUT2D eigenvalue weighted by molar-refractivity contribution is 5.97. The molecule has 25 heavy (non-hydrogen) atoms. The Kier molecular flexibility index (Phi) is 5.59. The van der Waals surface area contributed by atoms with Crippen LogP contribution in [0.3, 0.4) is 0 Å². The lowest BCUT2D eigenvalue weighted by Crippen LogP contribution is -2.65. The molecule has 1 aliphatic rings. The molecular formula is C17H21F3N2O3. The maximum atomic E-state index is 12.9. The lowest BCUT2D eigenvalue weighted by atomic mass is 9.95. The number of piperazine rings is 1. The number of hydrogen-bond donors (Lipinski definition) is 2. The van der Waals surface area contributed by atoms with Gasteiger partial charge in [-0.05, 0) is 30.0 Å². The van der Waals surface area contributed by atoms with Gasteiger partial charge in [0.2, 0.25) is 11.8 Å². The number of nitrogens with one attached hydrogen (secondary N) is 1. The van der Waals surface area contributed by atoms with E-state index in [-0.39, 0.29) is 24.5 Å². The minimum absolute atomic E-state index is 0.0112. The van der Waals surface area contributed by atoms with Gasteiger partial charge in [-0.3, -0.25) is 9.59 Å². The molecule has 1 heterocycles. The second-order valence-corrected chi connectivity index (χ2v) is 6.66. The highest BCUT2D eigenvalue weighted by atomic mass is 19.4. The van der Waals surface area contributed by atoms with Gasteiger partial charge in [0.25, 0.3) is 0 Å². The molecule has 0 spiro atoms. The fourth-order valence-corrected chi connectivity index (χ4v) is 2.90. The van der Waals surface area contributed by atoms with Gasteiger partial charge in [0.15, 0.2) is 0 Å². The Labute approximate surface area is 143 Å². The standard InChI is InChI=1S/C17H21F3N2O3/c1-10(2)7-13-16(25)22(9-17(18,19)20)14(15(24)21-13)8-11-3-5-12(23)6-4-11/h3-6,10,13-14,23H,7-9H2,1-2H3,(H,21,24)/t13-,14-/m0/s1. The van der Waals surface area contributed by atoms with Crippen molar-refractivity contribution in [2.24, 2.45) is 5.92 Å². The third kappa shape index (κ3) is 5.11. The number of alkyl halides is 3. The van der Waals surface area contributed by atoms with E-state index in [1.54, 1.807) is 0 Å². The van der Waals surface area contributed by atoms with E-state index in [0.717, 1.165) is 0 Å². The van der Waals surface area contributed by atoms with Crippen molar-refractivity contribution in [1.29, 1.82) is 0 Å². The van der Waals surface area contributed by atoms with Crippen LogP contribution in [0, 0.1) is 5.92 Å². The molecular weight excluding hydrogens is 337 g/mol. The van der Waals surface area contributed by atoms with Crippen molar-refractivity contribution in [2.45, 2.75) is 44.9 Å². The number of hydrogen-bond acceptors (Lipinski definition) is 3. The number of phenols is 1. The molecule has 138 valence electrons. The Balaban J connectivity index is 2.26. The average Bonchev–Trinajstić information content (AvgIpc) is 2.48. The van der Waals surface area contributed by atoms with Gasteiger partial charge in [-0.2, -0.15) is 13.2 Å². The van der Waals surface area contributed by atoms with Crippen LogP contribution in [0.4, 0.5) is 13.2 Å². The number of aromatic hydroxyl groups is 1. The highest BCUT2D eigenvalue weighted by Gasteiger charge is 2.45. The van der Waals surface area contributed by atoms with Crippen LogP contribution in [0.25, 0.3) is 0 Å². The number of carbonyl (C=O) groups is 2. The van der Waals surface area contributed by atoms with Crippen molar-refractivity contribution in [3.8, 4) is 5.75 Å². The van der Waals surface area contributed by atoms with Gasteiger partial charge in [0.05, 0.1) is 0 Å². The van der Waals surface area contributed by atoms with Crippen LogP contribution in [-0.4, -0.2) is 46.6 Å². The summed E-state index contributed by atoms with van der Waals surface area (Å²) in [6, 6.07) is 3.62. The molecule has 2 rings (SSSR count). The van der Waals surface area contributed by atoms with Crippen LogP contribution < -0.4 is 5.32 Å². The normalized spacial score (nSPS) is 21.6. The topological polar surface area (TPSA) is 69.6 Å². The Hall–Kier alpha value is -2.25. The quantitative estimate of drug-likeness (QED) is 0.848. The van der Waals surface area contributed by atoms with Gasteiger partial charge < -0.3 is 15.3 Å². The molecule has 0 aliphatic carbocycles. The molecule has 8 heteroatoms. The third-order valence-corrected chi connectivity index (χ3v) is 4.00. The molecule has 1 saturated heterocycles. The Morgan fingerprint density at radius 1 is 1.20 bits per heavy atom. The number of halogens is 3. The van der Waals surface area contributed by atoms with E-state index in [9.17, 15) is 27.9 Å². The monoisotopic (exact) mass is 358 g/mol. The molecule has 1 aliphatic heterocycles. The van der Waals surface area contributed by atoms with Crippen LogP contribution in [0.15, 0.2) is 24.3 Å². The summed E-state index contributed by atoms with van der Waals surface area (Å²) >= 11 is 0. The van der Waals surface area contributed by atoms with E-state index >= 15 is 0 Å². The predicted octanol–water partition coefficient (Wildman–Crippen LogP) is 2.24. The molecule has 1 fully saturated rings. The molecule has 0 radical (unpaired) electrons. The molecule has 0 unspecified atom stereocenters. The molecule has 2 atom stereocenters. The van der Waals surface area contributed by atoms with E-state index in [1.807, 2.05) is 13.8 Å². The van der Waals surface area contributed by atoms with Crippen LogP contribution in [-0.2, 0) is 16.0 Å². The van der Waals surface area contributed by atoms with E-state index in [1.165, 1.54) is 24.3 Å². The Morgan fingerprint density at radius 2 is 1.80 bits per heavy atom. The molecule has 0 bridgehead atoms. The first-order chi connectivity index (χ1) is 11.6. The minimum atomic E-state index is -4.59. The maximum absolute atomic E-state index is 12.9. The predicted molar refractivity (Wildman–Crippen MR) is 84.8 cm³/mol. The number of benzene rings is 1. The maximum Gasteiger partial charge on any atom is 0.406 e. The SMILES string of the molecule is CC(C)C[C@@H]1NC(=O)[C@H](Cc2ccc(O)cc2)N(CC(F)(F)F)C1=O. The van der Waals surface area contributed by atoms with Gasteiger partial charge in [0, 0.05) is 6.42 Å². The van der Waals surface area contributed by atoms with Gasteiger partial charge in [-0.1, -0.05) is 26.0 Å². The summed E-state index contributed by atoms with van der Waals surface area (Å²) in [7, 11) is 0. The first kappa shape index (κ1) is 19.1. The van der Waals surface area contributed by atoms with Crippen LogP contribution in [0.2, 0.25) is 0 Å². The van der Waals surface area contributed by atoms with Crippen molar-refractivity contribution in [2.75, 3.05) is 6.54 Å². The summed E-state index contributed by atoms with van der Waals surface area (Å²) in [5.41, 5.74) is 0.556. The van der Waals surface area contributed by atoms with Crippen molar-refractivity contribution in [1.82, 2.24) is 10.2 Å². The number of rotatable bonds is 5. The first-order valence-corrected chi connectivity index (χ1v) is 8.02. The van der Waals surface area contributed by atoms with E-state index in [0.29, 0.717) is 10.5 Å². The fourth-order valence-electron chi connectivity index (χ4n) is 2.90. The van der Waals surface area contributed by atoms with Gasteiger partial charge in [-0.15, -0.1) is 0 Å². The lowest BCUT2D eigenvalue weighted by molar-refractivity contribution is -0.174. The molecule has 5 nitrogen and oxygen atoms in total. The van der Waals surface area contributed by atoms with Crippen molar-refractivity contribution >= 4 is 11.8 Å². The largest absolute Gasteiger partial charge is 0.508 e. The summed E-state index contributed by atoms with van der Waals surface area (Å²) in [5, 5.41) is 11.8. The zero-order chi connectivity index (χ0) is 18.8. The van der Waals surface area contributed by atoms with E-state index in [4.69, 9.17) is 0 Å². The van der Waals surface area contributed by atoms with Crippen LogP contribution >= 0.6 is 0 Å². The zero-order valence-corrected chi connectivity index (χ0v) is 14.0. The number of nitrogens with zero attached hydrogens (tertiary/aromatic N) is 1. The minimum Gasteiger partial charge on any atom is -0.508 e. The highest BCUT2D eigenvalue weighted by Crippen LogP contribution is 2.25. The summed E-state index contributed by atoms with van der Waals surface area (Å²) in [5.74, 6) is -1.25. The second kappa shape index (κ2) is 7.33. The molecule has 1 aromatic carbocycles. The number of carbonyl (C=O) groups excluding carboxylic acids is 2. The van der Waals surface area contributed by atoms with Gasteiger partial charge in [-0.25, -0.2) is 0 Å². The fraction of sp³-hybridized carbons (Fsp3) is 0.529. The van der Waals surface area contributed by atoms with Crippen LogP contribution in [0.1, 0.15) is 25.8 Å². The number of amides is 2. The molecule has 0 aromatic heterocycles. The summed E-state index contributed by atoms with van der Waals surface area (Å²) < 4.78 is 38.8. The van der Waals surface area contributed by atoms with Crippen LogP contribution in [0.5, 0.6) is 5.75 Å². The number of phenolic OH excluding ortho intramolecular Hbond substituents is 1. The average molecular weight is 358 g/mol.